The number of hydrogen-bond donors (Lipinski definition) is 1. The van der Waals surface area contributed by atoms with Crippen molar-refractivity contribution in [2.45, 2.75) is 0 Å². The van der Waals surface area contributed by atoms with E-state index in [2.05, 4.69) is 5.32 Å². The summed E-state index contributed by atoms with van der Waals surface area (Å²) in [6.45, 7) is 0.907. The lowest BCUT2D eigenvalue weighted by Crippen LogP contribution is -2.19. The number of nitrogens with one attached hydrogen (secondary N) is 1. The first-order valence-corrected chi connectivity index (χ1v) is 5.22. The van der Waals surface area contributed by atoms with Crippen molar-refractivity contribution in [3.63, 3.8) is 0 Å². The molecular formula is C11H14ClNO3. The fourth-order valence-corrected chi connectivity index (χ4v) is 1.16. The highest BCUT2D eigenvalue weighted by atomic mass is 35.5. The number of ether oxygens (including phenoxy) is 2. The zero-order valence-electron chi connectivity index (χ0n) is 9.03. The highest BCUT2D eigenvalue weighted by Crippen LogP contribution is 2.12. The van der Waals surface area contributed by atoms with Gasteiger partial charge in [-0.05, 0) is 24.3 Å². The molecule has 0 saturated heterocycles. The molecule has 1 rings (SSSR count). The molecule has 0 aliphatic rings. The third-order valence-corrected chi connectivity index (χ3v) is 2.04. The van der Waals surface area contributed by atoms with E-state index in [0.717, 1.165) is 0 Å². The smallest absolute Gasteiger partial charge is 0.250 e. The predicted molar refractivity (Wildman–Crippen MR) is 62.8 cm³/mol. The molecule has 5 heteroatoms. The molecule has 0 saturated carbocycles. The molecule has 0 heterocycles. The summed E-state index contributed by atoms with van der Waals surface area (Å²) in [7, 11) is 1.58. The van der Waals surface area contributed by atoms with Crippen LogP contribution in [0, 0.1) is 0 Å². The average Bonchev–Trinajstić information content (AvgIpc) is 2.28. The molecule has 4 nitrogen and oxygen atoms in total. The van der Waals surface area contributed by atoms with Crippen LogP contribution in [0.2, 0.25) is 5.02 Å². The van der Waals surface area contributed by atoms with Crippen molar-refractivity contribution in [2.75, 3.05) is 32.2 Å². The molecular weight excluding hydrogens is 230 g/mol. The molecule has 88 valence electrons. The van der Waals surface area contributed by atoms with Crippen LogP contribution in [0.25, 0.3) is 0 Å². The molecule has 0 unspecified atom stereocenters. The molecule has 0 aliphatic carbocycles. The Hall–Kier alpha value is -1.10. The summed E-state index contributed by atoms with van der Waals surface area (Å²) < 4.78 is 9.85. The number of hydrogen-bond acceptors (Lipinski definition) is 3. The van der Waals surface area contributed by atoms with Gasteiger partial charge in [0.05, 0.1) is 13.2 Å². The summed E-state index contributed by atoms with van der Waals surface area (Å²) >= 11 is 5.72. The number of amides is 1. The van der Waals surface area contributed by atoms with Crippen LogP contribution in [-0.2, 0) is 14.3 Å². The van der Waals surface area contributed by atoms with E-state index in [0.29, 0.717) is 23.9 Å². The van der Waals surface area contributed by atoms with Crippen molar-refractivity contribution in [3.05, 3.63) is 29.3 Å². The number of rotatable bonds is 6. The maximum absolute atomic E-state index is 11.4. The molecule has 1 amide bonds. The van der Waals surface area contributed by atoms with E-state index < -0.39 is 0 Å². The zero-order valence-corrected chi connectivity index (χ0v) is 9.79. The maximum Gasteiger partial charge on any atom is 0.250 e. The Morgan fingerprint density at radius 2 is 2.00 bits per heavy atom. The molecule has 1 N–H and O–H groups in total. The summed E-state index contributed by atoms with van der Waals surface area (Å²) in [4.78, 5) is 11.4. The number of benzene rings is 1. The minimum atomic E-state index is -0.196. The Bertz CT molecular complexity index is 327. The number of carbonyl (C=O) groups is 1. The second kappa shape index (κ2) is 7.22. The molecule has 1 aromatic rings. The van der Waals surface area contributed by atoms with Gasteiger partial charge in [0.15, 0.2) is 0 Å². The van der Waals surface area contributed by atoms with E-state index in [1.165, 1.54) is 0 Å². The minimum Gasteiger partial charge on any atom is -0.382 e. The van der Waals surface area contributed by atoms with Crippen molar-refractivity contribution in [1.29, 1.82) is 0 Å². The lowest BCUT2D eigenvalue weighted by Gasteiger charge is -2.05. The van der Waals surface area contributed by atoms with Gasteiger partial charge < -0.3 is 14.8 Å². The van der Waals surface area contributed by atoms with Gasteiger partial charge in [-0.15, -0.1) is 0 Å². The van der Waals surface area contributed by atoms with Crippen LogP contribution in [0.4, 0.5) is 5.69 Å². The van der Waals surface area contributed by atoms with Gasteiger partial charge in [-0.3, -0.25) is 4.79 Å². The lowest BCUT2D eigenvalue weighted by molar-refractivity contribution is -0.121. The normalized spacial score (nSPS) is 10.1. The first-order valence-electron chi connectivity index (χ1n) is 4.84. The highest BCUT2D eigenvalue weighted by molar-refractivity contribution is 6.30. The first-order chi connectivity index (χ1) is 7.72. The van der Waals surface area contributed by atoms with Gasteiger partial charge in [-0.25, -0.2) is 0 Å². The van der Waals surface area contributed by atoms with E-state index >= 15 is 0 Å². The van der Waals surface area contributed by atoms with Gasteiger partial charge in [0, 0.05) is 17.8 Å². The van der Waals surface area contributed by atoms with Gasteiger partial charge in [-0.2, -0.15) is 0 Å². The van der Waals surface area contributed by atoms with Gasteiger partial charge >= 0.3 is 0 Å². The molecule has 0 aliphatic heterocycles. The van der Waals surface area contributed by atoms with Crippen molar-refractivity contribution in [1.82, 2.24) is 0 Å². The van der Waals surface area contributed by atoms with E-state index in [1.54, 1.807) is 31.4 Å². The Morgan fingerprint density at radius 3 is 2.62 bits per heavy atom. The second-order valence-electron chi connectivity index (χ2n) is 3.10. The van der Waals surface area contributed by atoms with E-state index in [9.17, 15) is 4.79 Å². The van der Waals surface area contributed by atoms with E-state index in [1.807, 2.05) is 0 Å². The van der Waals surface area contributed by atoms with Crippen molar-refractivity contribution < 1.29 is 14.3 Å². The SMILES string of the molecule is COCCOCC(=O)Nc1ccc(Cl)cc1. The van der Waals surface area contributed by atoms with Crippen LogP contribution in [0.5, 0.6) is 0 Å². The molecule has 0 atom stereocenters. The van der Waals surface area contributed by atoms with E-state index in [-0.39, 0.29) is 12.5 Å². The number of carbonyl (C=O) groups excluding carboxylic acids is 1. The number of halogens is 1. The quantitative estimate of drug-likeness (QED) is 0.777. The van der Waals surface area contributed by atoms with E-state index in [4.69, 9.17) is 21.1 Å². The Kier molecular flexibility index (Phi) is 5.85. The summed E-state index contributed by atoms with van der Waals surface area (Å²) in [5.74, 6) is -0.196. The van der Waals surface area contributed by atoms with Crippen LogP contribution >= 0.6 is 11.6 Å². The van der Waals surface area contributed by atoms with Crippen LogP contribution in [0.15, 0.2) is 24.3 Å². The van der Waals surface area contributed by atoms with Gasteiger partial charge in [0.25, 0.3) is 0 Å². The van der Waals surface area contributed by atoms with Crippen LogP contribution < -0.4 is 5.32 Å². The molecule has 0 spiro atoms. The fraction of sp³-hybridized carbons (Fsp3) is 0.364. The van der Waals surface area contributed by atoms with Crippen LogP contribution in [0.3, 0.4) is 0 Å². The van der Waals surface area contributed by atoms with Crippen molar-refractivity contribution in [3.8, 4) is 0 Å². The Labute approximate surface area is 99.5 Å². The van der Waals surface area contributed by atoms with Gasteiger partial charge in [0.1, 0.15) is 6.61 Å². The monoisotopic (exact) mass is 243 g/mol. The van der Waals surface area contributed by atoms with Crippen molar-refractivity contribution in [2.24, 2.45) is 0 Å². The summed E-state index contributed by atoms with van der Waals surface area (Å²) in [6, 6.07) is 6.89. The van der Waals surface area contributed by atoms with Gasteiger partial charge in [0.2, 0.25) is 5.91 Å². The number of anilines is 1. The molecule has 16 heavy (non-hydrogen) atoms. The highest BCUT2D eigenvalue weighted by Gasteiger charge is 2.01. The molecule has 0 radical (unpaired) electrons. The number of methoxy groups -OCH3 is 1. The lowest BCUT2D eigenvalue weighted by atomic mass is 10.3. The molecule has 0 aromatic heterocycles. The first kappa shape index (κ1) is 13.0. The largest absolute Gasteiger partial charge is 0.382 e. The minimum absolute atomic E-state index is 0.0198. The third kappa shape index (κ3) is 5.11. The topological polar surface area (TPSA) is 47.6 Å². The summed E-state index contributed by atoms with van der Waals surface area (Å²) in [5.41, 5.74) is 0.699. The van der Waals surface area contributed by atoms with Crippen molar-refractivity contribution >= 4 is 23.2 Å². The summed E-state index contributed by atoms with van der Waals surface area (Å²) in [5, 5.41) is 3.32. The third-order valence-electron chi connectivity index (χ3n) is 1.79. The molecule has 0 fully saturated rings. The second-order valence-corrected chi connectivity index (χ2v) is 3.54. The molecule has 1 aromatic carbocycles. The predicted octanol–water partition coefficient (Wildman–Crippen LogP) is 1.94. The Balaban J connectivity index is 2.26. The average molecular weight is 244 g/mol. The standard InChI is InChI=1S/C11H14ClNO3/c1-15-6-7-16-8-11(14)13-10-4-2-9(12)3-5-10/h2-5H,6-8H2,1H3,(H,13,14). The van der Waals surface area contributed by atoms with Gasteiger partial charge in [-0.1, -0.05) is 11.6 Å². The Morgan fingerprint density at radius 1 is 1.31 bits per heavy atom. The fourth-order valence-electron chi connectivity index (χ4n) is 1.04. The zero-order chi connectivity index (χ0) is 11.8. The maximum atomic E-state index is 11.4. The van der Waals surface area contributed by atoms with Crippen LogP contribution in [-0.4, -0.2) is 32.8 Å². The van der Waals surface area contributed by atoms with Crippen LogP contribution in [0.1, 0.15) is 0 Å². The summed E-state index contributed by atoms with van der Waals surface area (Å²) in [6.07, 6.45) is 0. The molecule has 0 bridgehead atoms.